The van der Waals surface area contributed by atoms with E-state index in [0.717, 1.165) is 12.3 Å². The van der Waals surface area contributed by atoms with Crippen LogP contribution in [0.1, 0.15) is 12.7 Å². The lowest BCUT2D eigenvalue weighted by atomic mass is 10.4. The maximum Gasteiger partial charge on any atom is 0.246 e. The third-order valence-electron chi connectivity index (χ3n) is 2.08. The van der Waals surface area contributed by atoms with E-state index < -0.39 is 0 Å². The number of nitrogens with one attached hydrogen (secondary N) is 1. The van der Waals surface area contributed by atoms with Crippen LogP contribution in [0.2, 0.25) is 0 Å². The normalized spacial score (nSPS) is 10.5. The van der Waals surface area contributed by atoms with Crippen molar-refractivity contribution in [2.45, 2.75) is 13.5 Å². The van der Waals surface area contributed by atoms with Crippen molar-refractivity contribution in [1.82, 2.24) is 15.2 Å². The van der Waals surface area contributed by atoms with Gasteiger partial charge >= 0.3 is 0 Å². The van der Waals surface area contributed by atoms with Gasteiger partial charge in [0.2, 0.25) is 11.9 Å². The molecular weight excluding hydrogens is 194 g/mol. The number of hydrogen-bond donors (Lipinski definition) is 2. The molecule has 0 aliphatic rings. The topological polar surface area (TPSA) is 84.0 Å². The average Bonchev–Trinajstić information content (AvgIpc) is 2.85. The molecule has 80 valence electrons. The Bertz CT molecular complexity index is 408. The van der Waals surface area contributed by atoms with Crippen LogP contribution in [0, 0.1) is 0 Å². The number of rotatable bonds is 4. The molecule has 0 radical (unpaired) electrons. The van der Waals surface area contributed by atoms with Gasteiger partial charge < -0.3 is 15.1 Å². The Kier molecular flexibility index (Phi) is 2.57. The molecule has 0 saturated heterocycles. The van der Waals surface area contributed by atoms with Crippen molar-refractivity contribution >= 4 is 11.9 Å². The molecule has 6 nitrogen and oxygen atoms in total. The molecule has 0 atom stereocenters. The number of hydrogen-bond acceptors (Lipinski definition) is 5. The molecule has 15 heavy (non-hydrogen) atoms. The monoisotopic (exact) mass is 207 g/mol. The highest BCUT2D eigenvalue weighted by atomic mass is 16.3. The van der Waals surface area contributed by atoms with Crippen LogP contribution >= 0.6 is 0 Å². The number of nitrogens with two attached hydrogens (primary N) is 1. The largest absolute Gasteiger partial charge is 0.467 e. The number of aromatic nitrogens is 3. The van der Waals surface area contributed by atoms with Crippen molar-refractivity contribution in [3.05, 3.63) is 24.2 Å². The first-order valence-corrected chi connectivity index (χ1v) is 4.74. The molecular formula is C9H13N5O. The highest BCUT2D eigenvalue weighted by Crippen LogP contribution is 2.12. The van der Waals surface area contributed by atoms with Crippen LogP contribution in [0.4, 0.5) is 11.9 Å². The fraction of sp³-hybridized carbons (Fsp3) is 0.333. The number of anilines is 2. The fourth-order valence-electron chi connectivity index (χ4n) is 1.32. The van der Waals surface area contributed by atoms with E-state index in [1.165, 1.54) is 0 Å². The summed E-state index contributed by atoms with van der Waals surface area (Å²) in [6.45, 7) is 3.45. The van der Waals surface area contributed by atoms with E-state index in [9.17, 15) is 0 Å². The molecule has 3 N–H and O–H groups in total. The number of H-pyrrole nitrogens is 1. The molecule has 6 heteroatoms. The van der Waals surface area contributed by atoms with Crippen molar-refractivity contribution < 1.29 is 4.42 Å². The lowest BCUT2D eigenvalue weighted by molar-refractivity contribution is 0.502. The van der Waals surface area contributed by atoms with Crippen molar-refractivity contribution in [3.8, 4) is 0 Å². The molecule has 0 unspecified atom stereocenters. The summed E-state index contributed by atoms with van der Waals surface area (Å²) in [4.78, 5) is 6.02. The van der Waals surface area contributed by atoms with Gasteiger partial charge in [0.05, 0.1) is 12.8 Å². The quantitative estimate of drug-likeness (QED) is 0.781. The SMILES string of the molecule is CCN(Cc1ccco1)c1n[nH]c(N)n1. The molecule has 0 fully saturated rings. The predicted molar refractivity (Wildman–Crippen MR) is 56.2 cm³/mol. The van der Waals surface area contributed by atoms with Gasteiger partial charge in [-0.15, -0.1) is 5.10 Å². The lowest BCUT2D eigenvalue weighted by Gasteiger charge is -2.16. The number of nitrogen functional groups attached to an aromatic ring is 1. The minimum Gasteiger partial charge on any atom is -0.467 e. The second-order valence-corrected chi connectivity index (χ2v) is 3.11. The van der Waals surface area contributed by atoms with Crippen LogP contribution < -0.4 is 10.6 Å². The van der Waals surface area contributed by atoms with Crippen LogP contribution in [0.3, 0.4) is 0 Å². The Hall–Kier alpha value is -1.98. The van der Waals surface area contributed by atoms with Gasteiger partial charge in [0.25, 0.3) is 0 Å². The van der Waals surface area contributed by atoms with Crippen LogP contribution in [-0.4, -0.2) is 21.7 Å². The maximum atomic E-state index is 5.47. The molecule has 2 aromatic heterocycles. The first kappa shape index (κ1) is 9.57. The summed E-state index contributed by atoms with van der Waals surface area (Å²) >= 11 is 0. The average molecular weight is 207 g/mol. The fourth-order valence-corrected chi connectivity index (χ4v) is 1.32. The van der Waals surface area contributed by atoms with Crippen LogP contribution in [-0.2, 0) is 6.54 Å². The number of furan rings is 1. The van der Waals surface area contributed by atoms with E-state index in [0.29, 0.717) is 18.4 Å². The van der Waals surface area contributed by atoms with Gasteiger partial charge in [-0.2, -0.15) is 4.98 Å². The summed E-state index contributed by atoms with van der Waals surface area (Å²) in [6.07, 6.45) is 1.65. The summed E-state index contributed by atoms with van der Waals surface area (Å²) in [6, 6.07) is 3.77. The Labute approximate surface area is 87.1 Å². The van der Waals surface area contributed by atoms with Crippen LogP contribution in [0.25, 0.3) is 0 Å². The smallest absolute Gasteiger partial charge is 0.246 e. The van der Waals surface area contributed by atoms with Crippen molar-refractivity contribution in [1.29, 1.82) is 0 Å². The molecule has 0 bridgehead atoms. The van der Waals surface area contributed by atoms with Gasteiger partial charge in [0, 0.05) is 6.54 Å². The Morgan fingerprint density at radius 2 is 2.47 bits per heavy atom. The van der Waals surface area contributed by atoms with Gasteiger partial charge in [-0.05, 0) is 19.1 Å². The standard InChI is InChI=1S/C9H13N5O/c1-2-14(6-7-4-3-5-15-7)9-11-8(10)12-13-9/h3-5H,2,6H2,1H3,(H3,10,11,12,13). The summed E-state index contributed by atoms with van der Waals surface area (Å²) in [5.41, 5.74) is 5.47. The van der Waals surface area contributed by atoms with Gasteiger partial charge in [-0.25, -0.2) is 5.10 Å². The zero-order valence-corrected chi connectivity index (χ0v) is 8.47. The second-order valence-electron chi connectivity index (χ2n) is 3.11. The van der Waals surface area contributed by atoms with E-state index in [4.69, 9.17) is 10.2 Å². The molecule has 0 aliphatic heterocycles. The van der Waals surface area contributed by atoms with Crippen molar-refractivity contribution in [3.63, 3.8) is 0 Å². The van der Waals surface area contributed by atoms with Gasteiger partial charge in [-0.1, -0.05) is 0 Å². The minimum atomic E-state index is 0.322. The van der Waals surface area contributed by atoms with E-state index in [1.54, 1.807) is 6.26 Å². The molecule has 0 aromatic carbocycles. The van der Waals surface area contributed by atoms with Crippen LogP contribution in [0.15, 0.2) is 22.8 Å². The zero-order valence-electron chi connectivity index (χ0n) is 8.47. The summed E-state index contributed by atoms with van der Waals surface area (Å²) in [7, 11) is 0. The minimum absolute atomic E-state index is 0.322. The predicted octanol–water partition coefficient (Wildman–Crippen LogP) is 1.01. The number of nitrogens with zero attached hydrogens (tertiary/aromatic N) is 3. The Morgan fingerprint density at radius 3 is 3.00 bits per heavy atom. The van der Waals surface area contributed by atoms with Crippen molar-refractivity contribution in [2.24, 2.45) is 0 Å². The molecule has 0 saturated carbocycles. The summed E-state index contributed by atoms with van der Waals surface area (Å²) in [5.74, 6) is 1.79. The molecule has 0 spiro atoms. The van der Waals surface area contributed by atoms with Gasteiger partial charge in [-0.3, -0.25) is 0 Å². The Balaban J connectivity index is 2.11. The van der Waals surface area contributed by atoms with Crippen LogP contribution in [0.5, 0.6) is 0 Å². The van der Waals surface area contributed by atoms with Gasteiger partial charge in [0.15, 0.2) is 0 Å². The molecule has 0 aliphatic carbocycles. The third kappa shape index (κ3) is 2.09. The second kappa shape index (κ2) is 4.04. The highest BCUT2D eigenvalue weighted by Gasteiger charge is 2.11. The molecule has 2 heterocycles. The van der Waals surface area contributed by atoms with E-state index >= 15 is 0 Å². The first-order chi connectivity index (χ1) is 7.29. The zero-order chi connectivity index (χ0) is 10.7. The molecule has 2 aromatic rings. The van der Waals surface area contributed by atoms with E-state index in [1.807, 2.05) is 24.0 Å². The Morgan fingerprint density at radius 1 is 1.60 bits per heavy atom. The van der Waals surface area contributed by atoms with Gasteiger partial charge in [0.1, 0.15) is 5.76 Å². The summed E-state index contributed by atoms with van der Waals surface area (Å²) < 4.78 is 5.26. The number of aromatic amines is 1. The lowest BCUT2D eigenvalue weighted by Crippen LogP contribution is -2.22. The van der Waals surface area contributed by atoms with Crippen molar-refractivity contribution in [2.75, 3.05) is 17.2 Å². The maximum absolute atomic E-state index is 5.47. The summed E-state index contributed by atoms with van der Waals surface area (Å²) in [5, 5.41) is 6.60. The van der Waals surface area contributed by atoms with E-state index in [-0.39, 0.29) is 0 Å². The highest BCUT2D eigenvalue weighted by molar-refractivity contribution is 5.33. The molecule has 0 amide bonds. The third-order valence-corrected chi connectivity index (χ3v) is 2.08. The molecule has 2 rings (SSSR count). The first-order valence-electron chi connectivity index (χ1n) is 4.74. The van der Waals surface area contributed by atoms with E-state index in [2.05, 4.69) is 15.2 Å².